The maximum absolute atomic E-state index is 13.2. The van der Waals surface area contributed by atoms with Crippen LogP contribution in [0.25, 0.3) is 0 Å². The number of anilines is 1. The number of benzene rings is 1. The normalized spacial score (nSPS) is 14.8. The molecule has 0 bridgehead atoms. The highest BCUT2D eigenvalue weighted by molar-refractivity contribution is 7.99. The van der Waals surface area contributed by atoms with Gasteiger partial charge in [0.25, 0.3) is 12.6 Å². The summed E-state index contributed by atoms with van der Waals surface area (Å²) in [5, 5.41) is 10.1. The molecule has 2 aliphatic rings. The first-order chi connectivity index (χ1) is 14.6. The summed E-state index contributed by atoms with van der Waals surface area (Å²) in [4.78, 5) is 19.8. The van der Waals surface area contributed by atoms with Crippen LogP contribution >= 0.6 is 11.8 Å². The molecule has 30 heavy (non-hydrogen) atoms. The van der Waals surface area contributed by atoms with Gasteiger partial charge in [0, 0.05) is 30.3 Å². The summed E-state index contributed by atoms with van der Waals surface area (Å²) in [6.07, 6.45) is 7.82. The van der Waals surface area contributed by atoms with E-state index in [2.05, 4.69) is 19.1 Å². The molecular formula is C24H22BN3OS. The summed E-state index contributed by atoms with van der Waals surface area (Å²) in [5.74, 6) is 3.12. The van der Waals surface area contributed by atoms with Crippen LogP contribution in [0.15, 0.2) is 72.3 Å². The number of carbonyl (C=O) groups excluding carboxylic acids is 1. The molecule has 4 rings (SSSR count). The molecule has 0 saturated carbocycles. The van der Waals surface area contributed by atoms with Crippen LogP contribution in [-0.4, -0.2) is 29.9 Å². The minimum Gasteiger partial charge on any atom is -0.306 e. The Hall–Kier alpha value is -3.04. The van der Waals surface area contributed by atoms with E-state index >= 15 is 0 Å². The highest BCUT2D eigenvalue weighted by Crippen LogP contribution is 2.32. The van der Waals surface area contributed by atoms with Gasteiger partial charge in [0.2, 0.25) is 0 Å². The van der Waals surface area contributed by atoms with E-state index in [0.29, 0.717) is 12.1 Å². The molecule has 1 aromatic carbocycles. The van der Waals surface area contributed by atoms with E-state index in [0.717, 1.165) is 52.4 Å². The van der Waals surface area contributed by atoms with E-state index in [1.54, 1.807) is 17.8 Å². The topological polar surface area (TPSA) is 57.0 Å². The molecule has 0 saturated heterocycles. The van der Waals surface area contributed by atoms with Gasteiger partial charge in [0.1, 0.15) is 0 Å². The lowest BCUT2D eigenvalue weighted by atomic mass is 9.49. The number of hydrogen-bond acceptors (Lipinski definition) is 4. The number of amides is 1. The third-order valence-corrected chi connectivity index (χ3v) is 6.58. The van der Waals surface area contributed by atoms with E-state index in [-0.39, 0.29) is 12.6 Å². The third-order valence-electron chi connectivity index (χ3n) is 5.58. The van der Waals surface area contributed by atoms with Crippen LogP contribution in [-0.2, 0) is 19.1 Å². The van der Waals surface area contributed by atoms with Crippen molar-refractivity contribution in [2.24, 2.45) is 0 Å². The van der Waals surface area contributed by atoms with Gasteiger partial charge in [-0.1, -0.05) is 48.6 Å². The summed E-state index contributed by atoms with van der Waals surface area (Å²) in [7, 11) is 0. The van der Waals surface area contributed by atoms with Gasteiger partial charge in [-0.3, -0.25) is 4.79 Å². The monoisotopic (exact) mass is 411 g/mol. The molecule has 1 amide bonds. The number of carbonyl (C=O) groups is 1. The minimum atomic E-state index is 0.00187. The summed E-state index contributed by atoms with van der Waals surface area (Å²) in [6.45, 7) is 8.22. The minimum absolute atomic E-state index is 0.00187. The lowest BCUT2D eigenvalue weighted by Crippen LogP contribution is -2.29. The zero-order valence-corrected chi connectivity index (χ0v) is 17.6. The fraction of sp³-hybridized carbons (Fsp3) is 0.208. The molecule has 4 nitrogen and oxygen atoms in total. The molecule has 0 N–H and O–H groups in total. The Kier molecular flexibility index (Phi) is 5.92. The third kappa shape index (κ3) is 3.99. The Morgan fingerprint density at radius 2 is 2.10 bits per heavy atom. The van der Waals surface area contributed by atoms with Crippen molar-refractivity contribution in [2.45, 2.75) is 24.1 Å². The second-order valence-corrected chi connectivity index (χ2v) is 8.51. The molecule has 0 radical (unpaired) electrons. The fourth-order valence-corrected chi connectivity index (χ4v) is 4.88. The van der Waals surface area contributed by atoms with E-state index in [4.69, 9.17) is 4.98 Å². The molecule has 3 heterocycles. The number of allylic oxidation sites excluding steroid dienone is 3. The first-order valence-corrected chi connectivity index (χ1v) is 11.0. The van der Waals surface area contributed by atoms with Crippen LogP contribution in [0.5, 0.6) is 0 Å². The molecule has 0 fully saturated rings. The molecule has 0 spiro atoms. The van der Waals surface area contributed by atoms with Crippen LogP contribution in [0, 0.1) is 11.2 Å². The van der Waals surface area contributed by atoms with E-state index < -0.39 is 0 Å². The Balaban J connectivity index is 1.49. The number of nitrogens with zero attached hydrogens (tertiary/aromatic N) is 3. The van der Waals surface area contributed by atoms with E-state index in [9.17, 15) is 10.1 Å². The highest BCUT2D eigenvalue weighted by atomic mass is 32.2. The van der Waals surface area contributed by atoms with Crippen molar-refractivity contribution < 1.29 is 4.79 Å². The van der Waals surface area contributed by atoms with Crippen molar-refractivity contribution in [3.8, 4) is 5.97 Å². The lowest BCUT2D eigenvalue weighted by molar-refractivity contribution is 0.0989. The first-order valence-electron chi connectivity index (χ1n) is 10.0. The van der Waals surface area contributed by atoms with E-state index in [1.165, 1.54) is 5.56 Å². The summed E-state index contributed by atoms with van der Waals surface area (Å²) >= 11 is 1.65. The van der Waals surface area contributed by atoms with Crippen LogP contribution < -0.4 is 4.90 Å². The van der Waals surface area contributed by atoms with Crippen molar-refractivity contribution in [2.75, 3.05) is 17.2 Å². The molecule has 1 aromatic heterocycles. The zero-order valence-electron chi connectivity index (χ0n) is 16.8. The van der Waals surface area contributed by atoms with Crippen LogP contribution in [0.3, 0.4) is 0 Å². The maximum atomic E-state index is 13.2. The van der Waals surface area contributed by atoms with Gasteiger partial charge in [-0.25, -0.2) is 10.2 Å². The van der Waals surface area contributed by atoms with Gasteiger partial charge in [0.05, 0.1) is 16.4 Å². The molecule has 0 unspecified atom stereocenters. The number of rotatable bonds is 6. The van der Waals surface area contributed by atoms with Crippen molar-refractivity contribution in [1.29, 1.82) is 5.26 Å². The van der Waals surface area contributed by atoms with Gasteiger partial charge in [-0.2, -0.15) is 0 Å². The van der Waals surface area contributed by atoms with Crippen LogP contribution in [0.1, 0.15) is 27.2 Å². The fourth-order valence-electron chi connectivity index (χ4n) is 4.02. The van der Waals surface area contributed by atoms with Crippen LogP contribution in [0.4, 0.5) is 5.69 Å². The summed E-state index contributed by atoms with van der Waals surface area (Å²) < 4.78 is 0. The Morgan fingerprint density at radius 3 is 2.87 bits per heavy atom. The van der Waals surface area contributed by atoms with Crippen LogP contribution in [0.2, 0.25) is 0 Å². The van der Waals surface area contributed by atoms with Gasteiger partial charge in [0.15, 0.2) is 0 Å². The average molecular weight is 411 g/mol. The molecular weight excluding hydrogens is 389 g/mol. The quantitative estimate of drug-likeness (QED) is 0.402. The Morgan fingerprint density at radius 1 is 1.27 bits per heavy atom. The molecule has 0 aliphatic carbocycles. The summed E-state index contributed by atoms with van der Waals surface area (Å²) in [5.41, 5.74) is 5.96. The first kappa shape index (κ1) is 20.2. The summed E-state index contributed by atoms with van der Waals surface area (Å²) in [6, 6.07) is 9.83. The second kappa shape index (κ2) is 8.77. The maximum Gasteiger partial charge on any atom is 0.276 e. The SMILES string of the molecule is C=C/C=C(\C=C)CSc1ccc2c(n1)CCN2C(=O)c1ccc2c(c1)CB(C#N)C2. The molecule has 2 aromatic rings. The average Bonchev–Trinajstić information content (AvgIpc) is 3.38. The van der Waals surface area contributed by atoms with Crippen molar-refractivity contribution >= 4 is 30.1 Å². The number of aromatic nitrogens is 1. The number of thioether (sulfide) groups is 1. The van der Waals surface area contributed by atoms with Gasteiger partial charge in [-0.05, 0) is 42.5 Å². The zero-order chi connectivity index (χ0) is 21.1. The predicted molar refractivity (Wildman–Crippen MR) is 124 cm³/mol. The molecule has 2 aliphatic heterocycles. The van der Waals surface area contributed by atoms with E-state index in [1.807, 2.05) is 47.4 Å². The highest BCUT2D eigenvalue weighted by Gasteiger charge is 2.29. The van der Waals surface area contributed by atoms with Gasteiger partial charge in [-0.15, -0.1) is 11.8 Å². The number of hydrogen-bond donors (Lipinski definition) is 0. The smallest absolute Gasteiger partial charge is 0.276 e. The lowest BCUT2D eigenvalue weighted by Gasteiger charge is -2.18. The standard InChI is InChI=1S/C24H22BN3OS/c1-3-5-17(4-2)15-30-23-9-8-22-21(27-23)10-11-28(22)24(29)18-6-7-19-13-25(16-26)14-20(19)12-18/h3-9,12H,1-2,10-11,13-15H2/b17-5+. The number of pyridine rings is 1. The molecule has 148 valence electrons. The van der Waals surface area contributed by atoms with Crippen molar-refractivity contribution in [3.63, 3.8) is 0 Å². The second-order valence-electron chi connectivity index (χ2n) is 7.51. The number of fused-ring (bicyclic) bond motifs is 2. The van der Waals surface area contributed by atoms with Gasteiger partial charge < -0.3 is 4.90 Å². The number of nitriles is 1. The Bertz CT molecular complexity index is 1100. The van der Waals surface area contributed by atoms with Crippen molar-refractivity contribution in [1.82, 2.24) is 4.98 Å². The predicted octanol–water partition coefficient (Wildman–Crippen LogP) is 4.41. The van der Waals surface area contributed by atoms with Crippen molar-refractivity contribution in [3.05, 3.63) is 89.7 Å². The van der Waals surface area contributed by atoms with Gasteiger partial charge >= 0.3 is 0 Å². The Labute approximate surface area is 182 Å². The molecule has 0 atom stereocenters. The largest absolute Gasteiger partial charge is 0.306 e. The molecule has 6 heteroatoms.